The van der Waals surface area contributed by atoms with Crippen molar-refractivity contribution in [3.8, 4) is 5.75 Å². The van der Waals surface area contributed by atoms with Gasteiger partial charge in [-0.15, -0.1) is 0 Å². The summed E-state index contributed by atoms with van der Waals surface area (Å²) in [5.74, 6) is -0.604. The lowest BCUT2D eigenvalue weighted by Gasteiger charge is -2.34. The number of benzene rings is 2. The first-order valence-electron chi connectivity index (χ1n) is 11.7. The minimum Gasteiger partial charge on any atom is -0.488 e. The Morgan fingerprint density at radius 3 is 2.26 bits per heavy atom. The number of aromatic nitrogens is 1. The second-order valence-electron chi connectivity index (χ2n) is 10.6. The van der Waals surface area contributed by atoms with Gasteiger partial charge in [-0.05, 0) is 77.1 Å². The number of carbonyl (C=O) groups is 1. The van der Waals surface area contributed by atoms with Crippen LogP contribution in [-0.2, 0) is 4.79 Å². The Morgan fingerprint density at radius 1 is 0.971 bits per heavy atom. The van der Waals surface area contributed by atoms with Crippen LogP contribution < -0.4 is 20.9 Å². The molecule has 34 heavy (non-hydrogen) atoms. The fourth-order valence-corrected chi connectivity index (χ4v) is 5.26. The van der Waals surface area contributed by atoms with Crippen molar-refractivity contribution in [1.29, 1.82) is 0 Å². The van der Waals surface area contributed by atoms with Crippen LogP contribution in [-0.4, -0.2) is 21.7 Å². The maximum absolute atomic E-state index is 12.9. The lowest BCUT2D eigenvalue weighted by Crippen LogP contribution is -2.44. The van der Waals surface area contributed by atoms with E-state index in [1.54, 1.807) is 0 Å². The van der Waals surface area contributed by atoms with Crippen molar-refractivity contribution in [3.63, 3.8) is 0 Å². The molecule has 2 unspecified atom stereocenters. The predicted molar refractivity (Wildman–Crippen MR) is 137 cm³/mol. The number of hydrogen-bond donors (Lipinski definition) is 2. The van der Waals surface area contributed by atoms with Gasteiger partial charge in [0.25, 0.3) is 5.56 Å². The molecular weight excluding hydrogens is 426 g/mol. The normalized spacial score (nSPS) is 18.2. The summed E-state index contributed by atoms with van der Waals surface area (Å²) in [4.78, 5) is 28.0. The number of hydrogen-bond acceptors (Lipinski definition) is 3. The SMILES string of the molecule is CC1=c2[nH]c(=O)c3ccc(C)cc3c2=C(C)C(c2ccc(C)cc2OC(C)(C)C)C1CC(=O)O. The molecule has 1 heterocycles. The Hall–Kier alpha value is -3.34. The highest BCUT2D eigenvalue weighted by Crippen LogP contribution is 2.44. The van der Waals surface area contributed by atoms with Gasteiger partial charge in [0.1, 0.15) is 11.4 Å². The van der Waals surface area contributed by atoms with Crippen LogP contribution in [0.5, 0.6) is 5.75 Å². The van der Waals surface area contributed by atoms with Gasteiger partial charge in [-0.2, -0.15) is 0 Å². The van der Waals surface area contributed by atoms with Gasteiger partial charge in [0, 0.05) is 33.4 Å². The molecule has 3 aromatic rings. The molecule has 0 radical (unpaired) electrons. The summed E-state index contributed by atoms with van der Waals surface area (Å²) >= 11 is 0. The molecule has 5 nitrogen and oxygen atoms in total. The maximum Gasteiger partial charge on any atom is 0.303 e. The van der Waals surface area contributed by atoms with E-state index in [9.17, 15) is 14.7 Å². The monoisotopic (exact) mass is 459 g/mol. The standard InChI is InChI=1S/C29H33NO4/c1-15-8-10-19-22(12-15)26-18(4)25(20-11-9-16(2)13-23(20)34-29(5,6)7)21(14-24(31)32)17(3)27(26)30-28(19)33/h8-13,21,25H,14H2,1-7H3,(H,30,33)(H,31,32). The summed E-state index contributed by atoms with van der Waals surface area (Å²) in [5.41, 5.74) is 4.50. The topological polar surface area (TPSA) is 79.4 Å². The first kappa shape index (κ1) is 23.8. The van der Waals surface area contributed by atoms with Crippen molar-refractivity contribution in [2.45, 2.75) is 66.4 Å². The zero-order valence-corrected chi connectivity index (χ0v) is 21.0. The van der Waals surface area contributed by atoms with E-state index in [0.29, 0.717) is 5.39 Å². The van der Waals surface area contributed by atoms with Gasteiger partial charge >= 0.3 is 5.97 Å². The van der Waals surface area contributed by atoms with Crippen LogP contribution in [0.3, 0.4) is 0 Å². The molecule has 178 valence electrons. The van der Waals surface area contributed by atoms with Gasteiger partial charge in [0.05, 0.1) is 6.42 Å². The first-order valence-corrected chi connectivity index (χ1v) is 11.7. The average Bonchev–Trinajstić information content (AvgIpc) is 2.71. The molecule has 2 atom stereocenters. The molecule has 0 amide bonds. The highest BCUT2D eigenvalue weighted by atomic mass is 16.5. The number of carboxylic acid groups (broad SMARTS) is 1. The summed E-state index contributed by atoms with van der Waals surface area (Å²) in [7, 11) is 0. The number of ether oxygens (including phenoxy) is 1. The Kier molecular flexibility index (Phi) is 5.92. The molecule has 0 saturated carbocycles. The Morgan fingerprint density at radius 2 is 1.62 bits per heavy atom. The van der Waals surface area contributed by atoms with Crippen molar-refractivity contribution in [1.82, 2.24) is 4.98 Å². The first-order chi connectivity index (χ1) is 15.9. The number of H-pyrrole nitrogens is 1. The number of aryl methyl sites for hydroxylation is 2. The number of nitrogens with one attached hydrogen (secondary N) is 1. The van der Waals surface area contributed by atoms with E-state index in [0.717, 1.165) is 49.5 Å². The van der Waals surface area contributed by atoms with Crippen LogP contribution >= 0.6 is 0 Å². The number of aliphatic carboxylic acids is 1. The van der Waals surface area contributed by atoms with E-state index in [4.69, 9.17) is 4.74 Å². The summed E-state index contributed by atoms with van der Waals surface area (Å²) in [6.45, 7) is 14.1. The van der Waals surface area contributed by atoms with Crippen LogP contribution in [0.4, 0.5) is 0 Å². The van der Waals surface area contributed by atoms with Gasteiger partial charge in [-0.3, -0.25) is 9.59 Å². The molecular formula is C29H33NO4. The molecule has 0 bridgehead atoms. The minimum atomic E-state index is -0.866. The Bertz CT molecular complexity index is 1490. The lowest BCUT2D eigenvalue weighted by molar-refractivity contribution is -0.137. The fourth-order valence-electron chi connectivity index (χ4n) is 5.26. The Balaban J connectivity index is 2.14. The average molecular weight is 460 g/mol. The van der Waals surface area contributed by atoms with Crippen molar-refractivity contribution < 1.29 is 14.6 Å². The molecule has 4 rings (SSSR count). The lowest BCUT2D eigenvalue weighted by atomic mass is 9.71. The smallest absolute Gasteiger partial charge is 0.303 e. The van der Waals surface area contributed by atoms with Crippen LogP contribution in [0.25, 0.3) is 21.9 Å². The molecule has 1 aliphatic carbocycles. The highest BCUT2D eigenvalue weighted by molar-refractivity contribution is 5.87. The molecule has 0 aliphatic heterocycles. The van der Waals surface area contributed by atoms with E-state index in [-0.39, 0.29) is 23.8 Å². The van der Waals surface area contributed by atoms with Gasteiger partial charge in [0.2, 0.25) is 0 Å². The zero-order valence-electron chi connectivity index (χ0n) is 21.0. The van der Waals surface area contributed by atoms with Crippen molar-refractivity contribution in [2.75, 3.05) is 0 Å². The van der Waals surface area contributed by atoms with Gasteiger partial charge < -0.3 is 14.8 Å². The van der Waals surface area contributed by atoms with E-state index in [1.807, 2.05) is 59.7 Å². The summed E-state index contributed by atoms with van der Waals surface area (Å²) < 4.78 is 6.39. The third-order valence-corrected chi connectivity index (χ3v) is 6.71. The molecule has 1 aromatic heterocycles. The summed E-state index contributed by atoms with van der Waals surface area (Å²) in [6, 6.07) is 12.0. The minimum absolute atomic E-state index is 0.0377. The predicted octanol–water partition coefficient (Wildman–Crippen LogP) is 4.55. The van der Waals surface area contributed by atoms with Crippen molar-refractivity contribution in [2.24, 2.45) is 5.92 Å². The van der Waals surface area contributed by atoms with Crippen LogP contribution in [0.1, 0.15) is 63.6 Å². The van der Waals surface area contributed by atoms with Crippen LogP contribution in [0.2, 0.25) is 0 Å². The summed E-state index contributed by atoms with van der Waals surface area (Å²) in [6.07, 6.45) is -0.0377. The number of pyridine rings is 1. The van der Waals surface area contributed by atoms with Gasteiger partial charge in [-0.25, -0.2) is 0 Å². The molecule has 5 heteroatoms. The van der Waals surface area contributed by atoms with Crippen LogP contribution in [0.15, 0.2) is 41.2 Å². The molecule has 2 N–H and O–H groups in total. The number of aromatic amines is 1. The molecule has 0 spiro atoms. The Labute approximate surface area is 199 Å². The third-order valence-electron chi connectivity index (χ3n) is 6.71. The second-order valence-corrected chi connectivity index (χ2v) is 10.6. The van der Waals surface area contributed by atoms with E-state index in [2.05, 4.69) is 30.1 Å². The van der Waals surface area contributed by atoms with Gasteiger partial charge in [-0.1, -0.05) is 35.4 Å². The van der Waals surface area contributed by atoms with E-state index in [1.165, 1.54) is 0 Å². The molecule has 0 fully saturated rings. The van der Waals surface area contributed by atoms with E-state index >= 15 is 0 Å². The molecule has 2 aromatic carbocycles. The number of carboxylic acids is 1. The molecule has 1 aliphatic rings. The van der Waals surface area contributed by atoms with Crippen molar-refractivity contribution >= 4 is 27.9 Å². The zero-order chi connectivity index (χ0) is 24.9. The maximum atomic E-state index is 12.9. The third kappa shape index (κ3) is 4.27. The van der Waals surface area contributed by atoms with E-state index < -0.39 is 11.6 Å². The number of fused-ring (bicyclic) bond motifs is 3. The second kappa shape index (κ2) is 8.46. The highest BCUT2D eigenvalue weighted by Gasteiger charge is 2.35. The van der Waals surface area contributed by atoms with Crippen molar-refractivity contribution in [3.05, 3.63) is 74.0 Å². The molecule has 0 saturated heterocycles. The number of rotatable bonds is 4. The van der Waals surface area contributed by atoms with Gasteiger partial charge in [0.15, 0.2) is 0 Å². The summed E-state index contributed by atoms with van der Waals surface area (Å²) in [5, 5.41) is 13.1. The largest absolute Gasteiger partial charge is 0.488 e. The van der Waals surface area contributed by atoms with Crippen LogP contribution in [0, 0.1) is 19.8 Å². The quantitative estimate of drug-likeness (QED) is 0.600. The fraction of sp³-hybridized carbons (Fsp3) is 0.379.